The summed E-state index contributed by atoms with van der Waals surface area (Å²) in [6, 6.07) is 3.88. The van der Waals surface area contributed by atoms with Gasteiger partial charge in [0.25, 0.3) is 11.8 Å². The number of rotatable bonds is 6. The smallest absolute Gasteiger partial charge is 0.270 e. The van der Waals surface area contributed by atoms with E-state index in [0.717, 1.165) is 56.3 Å². The van der Waals surface area contributed by atoms with Crippen molar-refractivity contribution >= 4 is 5.95 Å². The van der Waals surface area contributed by atoms with Crippen molar-refractivity contribution in [2.45, 2.75) is 64.2 Å². The fourth-order valence-corrected chi connectivity index (χ4v) is 4.18. The van der Waals surface area contributed by atoms with Gasteiger partial charge in [-0.2, -0.15) is 0 Å². The third-order valence-electron chi connectivity index (χ3n) is 5.96. The Morgan fingerprint density at radius 1 is 1.03 bits per heavy atom. The third kappa shape index (κ3) is 5.15. The molecule has 2 N–H and O–H groups in total. The lowest BCUT2D eigenvalue weighted by Crippen LogP contribution is -2.40. The van der Waals surface area contributed by atoms with E-state index in [9.17, 15) is 17.6 Å². The van der Waals surface area contributed by atoms with Gasteiger partial charge in [0, 0.05) is 62.4 Å². The number of hydrogen-bond donors (Lipinski definition) is 2. The Kier molecular flexibility index (Phi) is 5.91. The molecule has 2 aliphatic heterocycles. The van der Waals surface area contributed by atoms with E-state index in [0.29, 0.717) is 31.4 Å². The Balaban J connectivity index is 1.47. The van der Waals surface area contributed by atoms with E-state index in [1.165, 1.54) is 12.1 Å². The molecule has 0 spiro atoms. The van der Waals surface area contributed by atoms with Gasteiger partial charge in [-0.3, -0.25) is 4.90 Å². The van der Waals surface area contributed by atoms with Gasteiger partial charge in [0.1, 0.15) is 0 Å². The molecule has 2 aliphatic rings. The Bertz CT molecular complexity index is 900. The normalized spacial score (nSPS) is 18.3. The van der Waals surface area contributed by atoms with Crippen LogP contribution in [-0.2, 0) is 31.5 Å². The predicted octanol–water partition coefficient (Wildman–Crippen LogP) is 4.38. The maximum atomic E-state index is 13.8. The average Bonchev–Trinajstić information content (AvgIpc) is 3.15. The van der Waals surface area contributed by atoms with Crippen molar-refractivity contribution in [2.75, 3.05) is 18.4 Å². The van der Waals surface area contributed by atoms with Crippen molar-refractivity contribution in [3.05, 3.63) is 52.3 Å². The van der Waals surface area contributed by atoms with Gasteiger partial charge < -0.3 is 10.6 Å². The molecule has 2 aromatic rings. The van der Waals surface area contributed by atoms with Crippen molar-refractivity contribution in [2.24, 2.45) is 0 Å². The summed E-state index contributed by atoms with van der Waals surface area (Å²) in [5, 5.41) is 6.37. The molecule has 0 radical (unpaired) electrons. The summed E-state index contributed by atoms with van der Waals surface area (Å²) in [6.07, 6.45) is 4.00. The molecule has 31 heavy (non-hydrogen) atoms. The molecule has 0 atom stereocenters. The highest BCUT2D eigenvalue weighted by Gasteiger charge is 2.31. The van der Waals surface area contributed by atoms with Crippen LogP contribution in [0.5, 0.6) is 0 Å². The van der Waals surface area contributed by atoms with E-state index in [1.807, 2.05) is 0 Å². The molecule has 1 fully saturated rings. The summed E-state index contributed by atoms with van der Waals surface area (Å²) in [7, 11) is 0. The maximum Gasteiger partial charge on any atom is 0.270 e. The zero-order valence-electron chi connectivity index (χ0n) is 17.7. The van der Waals surface area contributed by atoms with E-state index in [4.69, 9.17) is 0 Å². The minimum atomic E-state index is -3.21. The molecule has 5 nitrogen and oxygen atoms in total. The Morgan fingerprint density at radius 2 is 1.68 bits per heavy atom. The van der Waals surface area contributed by atoms with Crippen LogP contribution in [0.4, 0.5) is 23.5 Å². The summed E-state index contributed by atoms with van der Waals surface area (Å²) in [5.41, 5.74) is 1.50. The maximum absolute atomic E-state index is 13.8. The number of benzene rings is 1. The van der Waals surface area contributed by atoms with Crippen LogP contribution in [0.2, 0.25) is 0 Å². The summed E-state index contributed by atoms with van der Waals surface area (Å²) < 4.78 is 55.2. The number of alkyl halides is 4. The van der Waals surface area contributed by atoms with E-state index < -0.39 is 23.0 Å². The molecule has 3 heterocycles. The first kappa shape index (κ1) is 22.0. The Hall–Kier alpha value is -2.26. The molecule has 1 aromatic heterocycles. The lowest BCUT2D eigenvalue weighted by molar-refractivity contribution is 0.0104. The van der Waals surface area contributed by atoms with Crippen LogP contribution in [0.15, 0.2) is 24.4 Å². The second kappa shape index (κ2) is 8.35. The van der Waals surface area contributed by atoms with Gasteiger partial charge in [0.05, 0.1) is 5.69 Å². The number of anilines is 1. The zero-order valence-corrected chi connectivity index (χ0v) is 17.7. The number of nitrogens with one attached hydrogen (secondary N) is 2. The highest BCUT2D eigenvalue weighted by molar-refractivity contribution is 5.38. The third-order valence-corrected chi connectivity index (χ3v) is 5.96. The molecule has 1 aromatic carbocycles. The van der Waals surface area contributed by atoms with Crippen molar-refractivity contribution in [1.82, 2.24) is 20.2 Å². The van der Waals surface area contributed by atoms with Gasteiger partial charge in [-0.15, -0.1) is 0 Å². The second-order valence-electron chi connectivity index (χ2n) is 8.60. The minimum Gasteiger partial charge on any atom is -0.350 e. The van der Waals surface area contributed by atoms with E-state index in [2.05, 4.69) is 25.5 Å². The van der Waals surface area contributed by atoms with Gasteiger partial charge in [-0.05, 0) is 49.7 Å². The first-order valence-corrected chi connectivity index (χ1v) is 10.5. The molecular weight excluding hydrogens is 410 g/mol. The van der Waals surface area contributed by atoms with Crippen molar-refractivity contribution < 1.29 is 17.6 Å². The Labute approximate surface area is 179 Å². The van der Waals surface area contributed by atoms with Crippen molar-refractivity contribution in [3.8, 4) is 0 Å². The highest BCUT2D eigenvalue weighted by Crippen LogP contribution is 2.34. The number of fused-ring (bicyclic) bond motifs is 1. The predicted molar refractivity (Wildman–Crippen MR) is 110 cm³/mol. The summed E-state index contributed by atoms with van der Waals surface area (Å²) in [4.78, 5) is 11.3. The molecule has 0 aliphatic carbocycles. The topological polar surface area (TPSA) is 53.1 Å². The monoisotopic (exact) mass is 437 g/mol. The lowest BCUT2D eigenvalue weighted by Gasteiger charge is -2.30. The van der Waals surface area contributed by atoms with E-state index >= 15 is 0 Å². The number of aromatic nitrogens is 2. The van der Waals surface area contributed by atoms with Gasteiger partial charge in [0.15, 0.2) is 0 Å². The molecule has 0 saturated carbocycles. The van der Waals surface area contributed by atoms with Crippen molar-refractivity contribution in [3.63, 3.8) is 0 Å². The van der Waals surface area contributed by atoms with Crippen molar-refractivity contribution in [1.29, 1.82) is 0 Å². The molecule has 0 amide bonds. The van der Waals surface area contributed by atoms with E-state index in [1.54, 1.807) is 6.20 Å². The summed E-state index contributed by atoms with van der Waals surface area (Å²) >= 11 is 0. The first-order valence-electron chi connectivity index (χ1n) is 10.5. The molecule has 168 valence electrons. The number of nitrogens with zero attached hydrogens (tertiary/aromatic N) is 3. The standard InChI is InChI=1S/C22H27F4N5/c1-21(23,24)16-7-14(8-17(9-16)22(2,25)26)10-28-20-29-11-15-12-31(13-19(15)30-20)18-3-5-27-6-4-18/h7-9,11,18,27H,3-6,10,12-13H2,1-2H3,(H,28,29,30). The fraction of sp³-hybridized carbons (Fsp3) is 0.545. The fourth-order valence-electron chi connectivity index (χ4n) is 4.18. The van der Waals surface area contributed by atoms with Gasteiger partial charge >= 0.3 is 0 Å². The van der Waals surface area contributed by atoms with Crippen LogP contribution >= 0.6 is 0 Å². The quantitative estimate of drug-likeness (QED) is 0.657. The molecule has 0 unspecified atom stereocenters. The van der Waals surface area contributed by atoms with Crippen LogP contribution in [-0.4, -0.2) is 34.0 Å². The molecule has 9 heteroatoms. The minimum absolute atomic E-state index is 0.0732. The lowest BCUT2D eigenvalue weighted by atomic mass is 9.99. The van der Waals surface area contributed by atoms with Gasteiger partial charge in [-0.1, -0.05) is 0 Å². The van der Waals surface area contributed by atoms with E-state index in [-0.39, 0.29) is 6.54 Å². The SMILES string of the molecule is CC(F)(F)c1cc(CNc2ncc3c(n2)CN(C2CCNCC2)C3)cc(C(C)(F)F)c1. The number of halogens is 4. The van der Waals surface area contributed by atoms with Crippen LogP contribution in [0, 0.1) is 0 Å². The largest absolute Gasteiger partial charge is 0.350 e. The molecule has 0 bridgehead atoms. The highest BCUT2D eigenvalue weighted by atomic mass is 19.3. The van der Waals surface area contributed by atoms with Gasteiger partial charge in [-0.25, -0.2) is 27.5 Å². The van der Waals surface area contributed by atoms with Crippen LogP contribution < -0.4 is 10.6 Å². The summed E-state index contributed by atoms with van der Waals surface area (Å²) in [5.74, 6) is -6.06. The molecular formula is C22H27F4N5. The Morgan fingerprint density at radius 3 is 2.29 bits per heavy atom. The molecule has 4 rings (SSSR count). The zero-order chi connectivity index (χ0) is 22.2. The van der Waals surface area contributed by atoms with Crippen LogP contribution in [0.3, 0.4) is 0 Å². The number of hydrogen-bond acceptors (Lipinski definition) is 5. The van der Waals surface area contributed by atoms with Gasteiger partial charge in [0.2, 0.25) is 5.95 Å². The average molecular weight is 437 g/mol. The number of piperidine rings is 1. The van der Waals surface area contributed by atoms with Crippen LogP contribution in [0.1, 0.15) is 54.6 Å². The second-order valence-corrected chi connectivity index (χ2v) is 8.60. The molecule has 1 saturated heterocycles. The summed E-state index contributed by atoms with van der Waals surface area (Å²) in [6.45, 7) is 5.09. The van der Waals surface area contributed by atoms with Crippen LogP contribution in [0.25, 0.3) is 0 Å². The first-order chi connectivity index (χ1) is 14.6.